The fourth-order valence-electron chi connectivity index (χ4n) is 4.67. The van der Waals surface area contributed by atoms with Gasteiger partial charge in [-0.05, 0) is 0 Å². The molecule has 0 atom stereocenters. The van der Waals surface area contributed by atoms with Gasteiger partial charge in [0.2, 0.25) is 0 Å². The maximum atomic E-state index is 13.4. The third kappa shape index (κ3) is 12.6. The molecule has 0 aliphatic rings. The number of rotatable bonds is 15. The fourth-order valence-corrected chi connectivity index (χ4v) is 21.8. The van der Waals surface area contributed by atoms with Crippen LogP contribution < -0.4 is 0 Å². The molecule has 0 N–H and O–H groups in total. The first kappa shape index (κ1) is 39.2. The van der Waals surface area contributed by atoms with Gasteiger partial charge in [-0.2, -0.15) is 0 Å². The molecule has 0 aromatic rings. The van der Waals surface area contributed by atoms with E-state index in [1.165, 1.54) is 0 Å². The number of Topliss-reactive ketones (excluding diaryl/α,β-unsaturated/α-hetero) is 6. The summed E-state index contributed by atoms with van der Waals surface area (Å²) >= 11 is -3.11. The van der Waals surface area contributed by atoms with Gasteiger partial charge in [-0.25, -0.2) is 0 Å². The van der Waals surface area contributed by atoms with Crippen LogP contribution in [-0.4, -0.2) is 34.7 Å². The van der Waals surface area contributed by atoms with Gasteiger partial charge in [0.25, 0.3) is 0 Å². The number of carbonyl (C=O) groups is 6. The zero-order chi connectivity index (χ0) is 32.3. The van der Waals surface area contributed by atoms with Crippen molar-refractivity contribution in [3.05, 3.63) is 0 Å². The Morgan fingerprint density at radius 1 is 0.350 bits per heavy atom. The van der Waals surface area contributed by atoms with Crippen molar-refractivity contribution in [3.8, 4) is 0 Å². The van der Waals surface area contributed by atoms with Crippen molar-refractivity contribution >= 4 is 34.7 Å². The summed E-state index contributed by atoms with van der Waals surface area (Å²) in [6.07, 6.45) is -0.411. The molecule has 0 fully saturated rings. The molecule has 0 saturated heterocycles. The molecule has 40 heavy (non-hydrogen) atoms. The molecule has 0 spiro atoms. The van der Waals surface area contributed by atoms with E-state index in [9.17, 15) is 28.8 Å². The second kappa shape index (κ2) is 13.7. The van der Waals surface area contributed by atoms with Crippen LogP contribution in [0.1, 0.15) is 123 Å². The predicted molar refractivity (Wildman–Crippen MR) is 158 cm³/mol. The molecular formula is C33H57LaO6. The van der Waals surface area contributed by atoms with Crippen LogP contribution in [0, 0.1) is 62.5 Å². The Balaban J connectivity index is 6.21. The van der Waals surface area contributed by atoms with Crippen LogP contribution in [0.4, 0.5) is 0 Å². The van der Waals surface area contributed by atoms with Crippen molar-refractivity contribution in [1.82, 2.24) is 0 Å². The summed E-state index contributed by atoms with van der Waals surface area (Å²) in [5, 5.41) is 0. The second-order valence-corrected chi connectivity index (χ2v) is 26.2. The Hall–Kier alpha value is -0.785. The first-order chi connectivity index (χ1) is 17.4. The van der Waals surface area contributed by atoms with E-state index in [2.05, 4.69) is 0 Å². The SMILES string of the molecule is CC(C)(C)C(=O)CC(=O)C(C)(C)[CH2][La]([CH2]C(C)(C)C(=O)CC(=O)C(C)(C)C)[CH2]C(C)(C)C(=O)CC(=O)C(C)(C)C. The molecule has 0 saturated carbocycles. The van der Waals surface area contributed by atoms with Crippen LogP contribution in [0.5, 0.6) is 0 Å². The summed E-state index contributed by atoms with van der Waals surface area (Å²) in [5.74, 6) is -0.659. The molecular weight excluding hydrogens is 631 g/mol. The number of hydrogen-bond donors (Lipinski definition) is 0. The van der Waals surface area contributed by atoms with E-state index in [1.807, 2.05) is 41.5 Å². The molecule has 0 rings (SSSR count). The van der Waals surface area contributed by atoms with E-state index in [-0.39, 0.29) is 54.0 Å². The minimum atomic E-state index is -3.11. The maximum absolute atomic E-state index is 13.4. The Labute approximate surface area is 256 Å². The van der Waals surface area contributed by atoms with E-state index in [0.29, 0.717) is 8.47 Å². The summed E-state index contributed by atoms with van der Waals surface area (Å²) in [7, 11) is 0. The summed E-state index contributed by atoms with van der Waals surface area (Å²) < 4.78 is 1.78. The van der Waals surface area contributed by atoms with E-state index < -0.39 is 62.5 Å². The molecule has 0 aromatic carbocycles. The predicted octanol–water partition coefficient (Wildman–Crippen LogP) is 7.66. The minimum absolute atomic E-state index is 0.105. The van der Waals surface area contributed by atoms with Crippen LogP contribution in [0.25, 0.3) is 0 Å². The quantitative estimate of drug-likeness (QED) is 0.164. The van der Waals surface area contributed by atoms with Crippen molar-refractivity contribution in [1.29, 1.82) is 0 Å². The van der Waals surface area contributed by atoms with Gasteiger partial charge in [0, 0.05) is 0 Å². The van der Waals surface area contributed by atoms with Crippen molar-refractivity contribution in [3.63, 3.8) is 0 Å². The van der Waals surface area contributed by atoms with Crippen molar-refractivity contribution < 1.29 is 58.8 Å². The molecule has 0 heterocycles. The monoisotopic (exact) mass is 688 g/mol. The Morgan fingerprint density at radius 2 is 0.525 bits per heavy atom. The molecule has 0 aliphatic heterocycles. The molecule has 7 heteroatoms. The third-order valence-corrected chi connectivity index (χ3v) is 23.2. The molecule has 0 bridgehead atoms. The number of ketones is 6. The van der Waals surface area contributed by atoms with Crippen molar-refractivity contribution in [2.75, 3.05) is 0 Å². The van der Waals surface area contributed by atoms with E-state index in [4.69, 9.17) is 0 Å². The molecule has 0 unspecified atom stereocenters. The average molecular weight is 689 g/mol. The van der Waals surface area contributed by atoms with Crippen molar-refractivity contribution in [2.24, 2.45) is 32.5 Å². The van der Waals surface area contributed by atoms with Gasteiger partial charge in [0.15, 0.2) is 0 Å². The summed E-state index contributed by atoms with van der Waals surface area (Å²) in [5.41, 5.74) is -4.15. The van der Waals surface area contributed by atoms with Crippen LogP contribution >= 0.6 is 0 Å². The van der Waals surface area contributed by atoms with Gasteiger partial charge in [-0.3, -0.25) is 0 Å². The fraction of sp³-hybridized carbons (Fsp3) is 0.818. The van der Waals surface area contributed by atoms with Gasteiger partial charge in [0.05, 0.1) is 0 Å². The Kier molecular flexibility index (Phi) is 13.4. The summed E-state index contributed by atoms with van der Waals surface area (Å²) in [6.45, 7) is 27.5. The van der Waals surface area contributed by atoms with E-state index in [0.717, 1.165) is 0 Å². The second-order valence-electron chi connectivity index (χ2n) is 16.9. The van der Waals surface area contributed by atoms with Crippen LogP contribution in [0.2, 0.25) is 8.47 Å². The normalized spacial score (nSPS) is 13.6. The van der Waals surface area contributed by atoms with Crippen LogP contribution in [0.3, 0.4) is 0 Å². The number of carbonyl (C=O) groups excluding carboxylic acids is 6. The van der Waals surface area contributed by atoms with Gasteiger partial charge < -0.3 is 0 Å². The molecule has 0 aliphatic carbocycles. The average Bonchev–Trinajstić information content (AvgIpc) is 2.70. The topological polar surface area (TPSA) is 102 Å². The van der Waals surface area contributed by atoms with Gasteiger partial charge in [0.1, 0.15) is 0 Å². The molecule has 228 valence electrons. The summed E-state index contributed by atoms with van der Waals surface area (Å²) in [6, 6.07) is 0. The van der Waals surface area contributed by atoms with Crippen LogP contribution in [0.15, 0.2) is 0 Å². The zero-order valence-corrected chi connectivity index (χ0v) is 31.9. The Bertz CT molecular complexity index is 865. The van der Waals surface area contributed by atoms with E-state index in [1.54, 1.807) is 62.3 Å². The molecule has 0 amide bonds. The summed E-state index contributed by atoms with van der Waals surface area (Å²) in [4.78, 5) is 78.0. The molecule has 0 aromatic heterocycles. The standard InChI is InChI=1S/3C11H19O2.La/c3*1-10(2,3)8(12)7-9(13)11(4,5)6;/h3*1,7H2,2-6H3;. The zero-order valence-electron chi connectivity index (χ0n) is 28.3. The first-order valence-electron chi connectivity index (χ1n) is 14.6. The van der Waals surface area contributed by atoms with Gasteiger partial charge in [-0.1, -0.05) is 0 Å². The van der Waals surface area contributed by atoms with Gasteiger partial charge >= 0.3 is 258 Å². The number of hydrogen-bond acceptors (Lipinski definition) is 6. The third-order valence-electron chi connectivity index (χ3n) is 8.13. The van der Waals surface area contributed by atoms with Crippen LogP contribution in [-0.2, 0) is 28.8 Å². The van der Waals surface area contributed by atoms with E-state index >= 15 is 0 Å². The first-order valence-corrected chi connectivity index (χ1v) is 22.3. The van der Waals surface area contributed by atoms with Gasteiger partial charge in [-0.15, -0.1) is 0 Å². The Morgan fingerprint density at radius 3 is 0.675 bits per heavy atom. The molecule has 0 radical (unpaired) electrons. The molecule has 6 nitrogen and oxygen atoms in total. The van der Waals surface area contributed by atoms with Crippen molar-refractivity contribution in [2.45, 2.75) is 132 Å².